The zero-order chi connectivity index (χ0) is 10.2. The molecule has 2 heteroatoms. The average Bonchev–Trinajstić information content (AvgIpc) is 2.20. The Labute approximate surface area is 98.5 Å². The van der Waals surface area contributed by atoms with Crippen molar-refractivity contribution in [2.45, 2.75) is 6.54 Å². The molecule has 1 aromatic carbocycles. The van der Waals surface area contributed by atoms with Crippen LogP contribution in [0.4, 0.5) is 0 Å². The third-order valence-corrected chi connectivity index (χ3v) is 1.98. The van der Waals surface area contributed by atoms with E-state index in [1.807, 2.05) is 12.1 Å². The predicted octanol–water partition coefficient (Wildman–Crippen LogP) is 3.28. The van der Waals surface area contributed by atoms with Crippen molar-refractivity contribution in [3.05, 3.63) is 60.7 Å². The van der Waals surface area contributed by atoms with E-state index in [4.69, 9.17) is 0 Å². The first kappa shape index (κ1) is 13.9. The second kappa shape index (κ2) is 8.27. The maximum Gasteiger partial charge on any atom is 0.0233 e. The van der Waals surface area contributed by atoms with Crippen LogP contribution in [0.25, 0.3) is 0 Å². The van der Waals surface area contributed by atoms with Crippen molar-refractivity contribution in [3.8, 4) is 0 Å². The first-order valence-electron chi connectivity index (χ1n) is 4.83. The summed E-state index contributed by atoms with van der Waals surface area (Å²) in [5, 5.41) is 0. The van der Waals surface area contributed by atoms with Crippen molar-refractivity contribution in [1.82, 2.24) is 4.90 Å². The lowest BCUT2D eigenvalue weighted by Gasteiger charge is -2.13. The molecule has 0 atom stereocenters. The molecule has 0 heterocycles. The third kappa shape index (κ3) is 6.10. The molecule has 0 bridgehead atoms. The molecule has 0 unspecified atom stereocenters. The fourth-order valence-electron chi connectivity index (χ4n) is 1.30. The van der Waals surface area contributed by atoms with Gasteiger partial charge in [-0.2, -0.15) is 0 Å². The molecule has 1 aromatic rings. The van der Waals surface area contributed by atoms with Gasteiger partial charge < -0.3 is 0 Å². The minimum atomic E-state index is 0. The molecular weight excluding hydrogens is 206 g/mol. The zero-order valence-electron chi connectivity index (χ0n) is 9.10. The Morgan fingerprint density at radius 2 is 1.93 bits per heavy atom. The third-order valence-electron chi connectivity index (χ3n) is 1.98. The number of halogens is 1. The van der Waals surface area contributed by atoms with E-state index in [1.165, 1.54) is 5.56 Å². The molecule has 0 aliphatic carbocycles. The fourth-order valence-corrected chi connectivity index (χ4v) is 1.30. The molecule has 0 radical (unpaired) electrons. The van der Waals surface area contributed by atoms with Gasteiger partial charge >= 0.3 is 0 Å². The molecule has 0 fully saturated rings. The Balaban J connectivity index is 0.00000196. The summed E-state index contributed by atoms with van der Waals surface area (Å²) < 4.78 is 0. The van der Waals surface area contributed by atoms with Gasteiger partial charge in [0.15, 0.2) is 0 Å². The lowest BCUT2D eigenvalue weighted by Crippen LogP contribution is -2.17. The number of nitrogens with zero attached hydrogens (tertiary/aromatic N) is 1. The van der Waals surface area contributed by atoms with E-state index >= 15 is 0 Å². The molecule has 0 aliphatic heterocycles. The molecule has 1 nitrogen and oxygen atoms in total. The van der Waals surface area contributed by atoms with Crippen LogP contribution in [0, 0.1) is 0 Å². The van der Waals surface area contributed by atoms with Crippen molar-refractivity contribution < 1.29 is 0 Å². The standard InChI is InChI=1S/C13H17N.ClH/c1-3-4-8-11-14(2)12-13-9-6-5-7-10-13;/h3-10H,1,11-12H2,2H3;1H/b8-4-;. The molecule has 0 aliphatic rings. The summed E-state index contributed by atoms with van der Waals surface area (Å²) in [4.78, 5) is 2.26. The van der Waals surface area contributed by atoms with Gasteiger partial charge in [0, 0.05) is 13.1 Å². The van der Waals surface area contributed by atoms with Crippen LogP contribution < -0.4 is 0 Å². The van der Waals surface area contributed by atoms with Gasteiger partial charge in [-0.05, 0) is 12.6 Å². The van der Waals surface area contributed by atoms with Crippen LogP contribution >= 0.6 is 12.4 Å². The van der Waals surface area contributed by atoms with Crippen LogP contribution in [0.3, 0.4) is 0 Å². The number of hydrogen-bond donors (Lipinski definition) is 0. The lowest BCUT2D eigenvalue weighted by molar-refractivity contribution is 0.363. The maximum absolute atomic E-state index is 3.64. The van der Waals surface area contributed by atoms with E-state index in [0.717, 1.165) is 13.1 Å². The molecule has 15 heavy (non-hydrogen) atoms. The Morgan fingerprint density at radius 1 is 1.27 bits per heavy atom. The van der Waals surface area contributed by atoms with Crippen LogP contribution in [0.1, 0.15) is 5.56 Å². The van der Waals surface area contributed by atoms with Gasteiger partial charge in [0.1, 0.15) is 0 Å². The van der Waals surface area contributed by atoms with E-state index < -0.39 is 0 Å². The summed E-state index contributed by atoms with van der Waals surface area (Å²) in [7, 11) is 2.11. The predicted molar refractivity (Wildman–Crippen MR) is 69.4 cm³/mol. The number of likely N-dealkylation sites (N-methyl/N-ethyl adjacent to an activating group) is 1. The Morgan fingerprint density at radius 3 is 2.53 bits per heavy atom. The molecule has 82 valence electrons. The summed E-state index contributed by atoms with van der Waals surface area (Å²) >= 11 is 0. The van der Waals surface area contributed by atoms with Crippen LogP contribution in [0.2, 0.25) is 0 Å². The molecule has 0 aromatic heterocycles. The van der Waals surface area contributed by atoms with Crippen molar-refractivity contribution in [2.24, 2.45) is 0 Å². The summed E-state index contributed by atoms with van der Waals surface area (Å²) in [5.41, 5.74) is 1.35. The first-order chi connectivity index (χ1) is 6.83. The average molecular weight is 224 g/mol. The summed E-state index contributed by atoms with van der Waals surface area (Å²) in [6.07, 6.45) is 5.88. The SMILES string of the molecule is C=C/C=C\CN(C)Cc1ccccc1.Cl. The molecular formula is C13H18ClN. The van der Waals surface area contributed by atoms with Crippen molar-refractivity contribution in [3.63, 3.8) is 0 Å². The highest BCUT2D eigenvalue weighted by molar-refractivity contribution is 5.85. The first-order valence-corrected chi connectivity index (χ1v) is 4.83. The van der Waals surface area contributed by atoms with Gasteiger partial charge in [-0.3, -0.25) is 4.90 Å². The minimum absolute atomic E-state index is 0. The molecule has 0 saturated carbocycles. The minimum Gasteiger partial charge on any atom is -0.298 e. The highest BCUT2D eigenvalue weighted by atomic mass is 35.5. The van der Waals surface area contributed by atoms with E-state index in [0.29, 0.717) is 0 Å². The van der Waals surface area contributed by atoms with Crippen molar-refractivity contribution >= 4 is 12.4 Å². The Kier molecular flexibility index (Phi) is 7.69. The van der Waals surface area contributed by atoms with Crippen LogP contribution in [-0.4, -0.2) is 18.5 Å². The fraction of sp³-hybridized carbons (Fsp3) is 0.231. The summed E-state index contributed by atoms with van der Waals surface area (Å²) in [5.74, 6) is 0. The van der Waals surface area contributed by atoms with Gasteiger partial charge in [-0.1, -0.05) is 55.1 Å². The van der Waals surface area contributed by atoms with Crippen molar-refractivity contribution in [2.75, 3.05) is 13.6 Å². The molecule has 0 N–H and O–H groups in total. The lowest BCUT2D eigenvalue weighted by atomic mass is 10.2. The Bertz CT molecular complexity index is 293. The number of benzene rings is 1. The van der Waals surface area contributed by atoms with E-state index in [-0.39, 0.29) is 12.4 Å². The number of hydrogen-bond acceptors (Lipinski definition) is 1. The maximum atomic E-state index is 3.64. The molecule has 0 amide bonds. The second-order valence-corrected chi connectivity index (χ2v) is 3.35. The highest BCUT2D eigenvalue weighted by Crippen LogP contribution is 2.01. The van der Waals surface area contributed by atoms with Crippen LogP contribution in [-0.2, 0) is 6.54 Å². The smallest absolute Gasteiger partial charge is 0.0233 e. The topological polar surface area (TPSA) is 3.24 Å². The number of rotatable bonds is 5. The normalized spacial score (nSPS) is 10.3. The quantitative estimate of drug-likeness (QED) is 0.693. The van der Waals surface area contributed by atoms with E-state index in [1.54, 1.807) is 6.08 Å². The van der Waals surface area contributed by atoms with Gasteiger partial charge in [0.05, 0.1) is 0 Å². The van der Waals surface area contributed by atoms with Crippen LogP contribution in [0.5, 0.6) is 0 Å². The van der Waals surface area contributed by atoms with E-state index in [9.17, 15) is 0 Å². The molecule has 0 saturated heterocycles. The monoisotopic (exact) mass is 223 g/mol. The number of allylic oxidation sites excluding steroid dienone is 2. The van der Waals surface area contributed by atoms with Gasteiger partial charge in [0.25, 0.3) is 0 Å². The summed E-state index contributed by atoms with van der Waals surface area (Å²) in [6, 6.07) is 10.5. The van der Waals surface area contributed by atoms with E-state index in [2.05, 4.69) is 48.9 Å². The largest absolute Gasteiger partial charge is 0.298 e. The van der Waals surface area contributed by atoms with Gasteiger partial charge in [-0.15, -0.1) is 12.4 Å². The zero-order valence-corrected chi connectivity index (χ0v) is 9.91. The second-order valence-electron chi connectivity index (χ2n) is 3.35. The summed E-state index contributed by atoms with van der Waals surface area (Å²) in [6.45, 7) is 5.58. The highest BCUT2D eigenvalue weighted by Gasteiger charge is 1.95. The molecule has 0 spiro atoms. The molecule has 1 rings (SSSR count). The van der Waals surface area contributed by atoms with Gasteiger partial charge in [-0.25, -0.2) is 0 Å². The van der Waals surface area contributed by atoms with Gasteiger partial charge in [0.2, 0.25) is 0 Å². The Hall–Kier alpha value is -1.05. The van der Waals surface area contributed by atoms with Crippen LogP contribution in [0.15, 0.2) is 55.1 Å². The van der Waals surface area contributed by atoms with Crippen molar-refractivity contribution in [1.29, 1.82) is 0 Å².